The summed E-state index contributed by atoms with van der Waals surface area (Å²) in [6.45, 7) is 0. The van der Waals surface area contributed by atoms with Crippen molar-refractivity contribution in [3.8, 4) is 0 Å². The van der Waals surface area contributed by atoms with Gasteiger partial charge in [0.2, 0.25) is 0 Å². The summed E-state index contributed by atoms with van der Waals surface area (Å²) in [6.07, 6.45) is 3.63. The van der Waals surface area contributed by atoms with Gasteiger partial charge in [-0.3, -0.25) is 4.98 Å². The smallest absolute Gasteiger partial charge is 0.313 e. The van der Waals surface area contributed by atoms with E-state index in [4.69, 9.17) is 0 Å². The molecule has 0 aromatic carbocycles. The number of hydrogen-bond donors (Lipinski definition) is 1. The number of halogens is 3. The highest BCUT2D eigenvalue weighted by molar-refractivity contribution is 5.29. The van der Waals surface area contributed by atoms with Crippen molar-refractivity contribution < 1.29 is 13.2 Å². The topological polar surface area (TPSA) is 24.9 Å². The zero-order chi connectivity index (χ0) is 13.9. The Kier molecular flexibility index (Phi) is 4.45. The second-order valence-electron chi connectivity index (χ2n) is 5.19. The first kappa shape index (κ1) is 14.3. The van der Waals surface area contributed by atoms with Crippen molar-refractivity contribution in [2.75, 3.05) is 7.05 Å². The van der Waals surface area contributed by atoms with Crippen LogP contribution in [-0.2, 0) is 6.18 Å². The Bertz CT molecular complexity index is 411. The van der Waals surface area contributed by atoms with Crippen LogP contribution in [0.2, 0.25) is 0 Å². The van der Waals surface area contributed by atoms with E-state index >= 15 is 0 Å². The van der Waals surface area contributed by atoms with Crippen molar-refractivity contribution in [2.45, 2.75) is 44.3 Å². The second-order valence-corrected chi connectivity index (χ2v) is 5.19. The fourth-order valence-electron chi connectivity index (χ4n) is 2.92. The standard InChI is InChI=1S/C14H19F3N2/c1-18-13(8-10-4-2-3-5-10)11-9-19-7-6-12(11)14(15,16)17/h6-7,9-10,13,18H,2-5,8H2,1H3. The fraction of sp³-hybridized carbons (Fsp3) is 0.643. The van der Waals surface area contributed by atoms with Crippen LogP contribution in [0.3, 0.4) is 0 Å². The first-order chi connectivity index (χ1) is 9.02. The summed E-state index contributed by atoms with van der Waals surface area (Å²) in [4.78, 5) is 3.86. The summed E-state index contributed by atoms with van der Waals surface area (Å²) < 4.78 is 39.0. The second kappa shape index (κ2) is 5.90. The first-order valence-corrected chi connectivity index (χ1v) is 6.70. The summed E-state index contributed by atoms with van der Waals surface area (Å²) in [5.74, 6) is 0.527. The van der Waals surface area contributed by atoms with E-state index in [1.165, 1.54) is 25.2 Å². The van der Waals surface area contributed by atoms with Crippen LogP contribution < -0.4 is 5.32 Å². The van der Waals surface area contributed by atoms with Crippen LogP contribution in [0, 0.1) is 5.92 Å². The van der Waals surface area contributed by atoms with Crippen molar-refractivity contribution in [2.24, 2.45) is 5.92 Å². The fourth-order valence-corrected chi connectivity index (χ4v) is 2.92. The molecule has 1 aromatic rings. The molecule has 1 aromatic heterocycles. The van der Waals surface area contributed by atoms with E-state index in [0.717, 1.165) is 25.3 Å². The van der Waals surface area contributed by atoms with E-state index < -0.39 is 11.7 Å². The van der Waals surface area contributed by atoms with Crippen molar-refractivity contribution in [3.63, 3.8) is 0 Å². The van der Waals surface area contributed by atoms with Crippen molar-refractivity contribution in [1.29, 1.82) is 0 Å². The summed E-state index contributed by atoms with van der Waals surface area (Å²) in [5.41, 5.74) is -0.302. The monoisotopic (exact) mass is 272 g/mol. The van der Waals surface area contributed by atoms with Gasteiger partial charge in [-0.15, -0.1) is 0 Å². The molecule has 1 heterocycles. The molecule has 2 nitrogen and oxygen atoms in total. The maximum absolute atomic E-state index is 13.0. The molecule has 0 bridgehead atoms. The maximum Gasteiger partial charge on any atom is 0.416 e. The number of rotatable bonds is 4. The van der Waals surface area contributed by atoms with Crippen LogP contribution in [-0.4, -0.2) is 12.0 Å². The molecule has 0 amide bonds. The molecule has 1 atom stereocenters. The van der Waals surface area contributed by atoms with Crippen LogP contribution >= 0.6 is 0 Å². The summed E-state index contributed by atoms with van der Waals surface area (Å²) in [5, 5.41) is 3.02. The van der Waals surface area contributed by atoms with Gasteiger partial charge in [0.15, 0.2) is 0 Å². The third kappa shape index (κ3) is 3.47. The highest BCUT2D eigenvalue weighted by Crippen LogP contribution is 2.38. The SMILES string of the molecule is CNC(CC1CCCC1)c1cnccc1C(F)(F)F. The molecular formula is C14H19F3N2. The minimum atomic E-state index is -4.32. The highest BCUT2D eigenvalue weighted by Gasteiger charge is 2.35. The van der Waals surface area contributed by atoms with Crippen molar-refractivity contribution >= 4 is 0 Å². The number of aromatic nitrogens is 1. The van der Waals surface area contributed by atoms with Gasteiger partial charge in [0.1, 0.15) is 0 Å². The average molecular weight is 272 g/mol. The molecule has 1 unspecified atom stereocenters. The number of nitrogens with zero attached hydrogens (tertiary/aromatic N) is 1. The lowest BCUT2D eigenvalue weighted by atomic mass is 9.92. The van der Waals surface area contributed by atoms with Crippen molar-refractivity contribution in [3.05, 3.63) is 29.6 Å². The maximum atomic E-state index is 13.0. The highest BCUT2D eigenvalue weighted by atomic mass is 19.4. The lowest BCUT2D eigenvalue weighted by Crippen LogP contribution is -2.23. The van der Waals surface area contributed by atoms with Gasteiger partial charge in [0.25, 0.3) is 0 Å². The first-order valence-electron chi connectivity index (χ1n) is 6.70. The van der Waals surface area contributed by atoms with Gasteiger partial charge >= 0.3 is 6.18 Å². The molecule has 1 aliphatic carbocycles. The van der Waals surface area contributed by atoms with Gasteiger partial charge in [-0.05, 0) is 31.0 Å². The van der Waals surface area contributed by atoms with Gasteiger partial charge in [-0.25, -0.2) is 0 Å². The summed E-state index contributed by atoms with van der Waals surface area (Å²) in [6, 6.07) is 0.794. The third-order valence-electron chi connectivity index (χ3n) is 3.92. The summed E-state index contributed by atoms with van der Waals surface area (Å²) >= 11 is 0. The molecule has 106 valence electrons. The lowest BCUT2D eigenvalue weighted by Gasteiger charge is -2.23. The molecule has 5 heteroatoms. The van der Waals surface area contributed by atoms with Gasteiger partial charge in [0.05, 0.1) is 5.56 Å². The van der Waals surface area contributed by atoms with E-state index in [9.17, 15) is 13.2 Å². The largest absolute Gasteiger partial charge is 0.416 e. The predicted molar refractivity (Wildman–Crippen MR) is 67.6 cm³/mol. The molecule has 0 aliphatic heterocycles. The zero-order valence-corrected chi connectivity index (χ0v) is 11.0. The number of nitrogens with one attached hydrogen (secondary N) is 1. The van der Waals surface area contributed by atoms with E-state index in [1.54, 1.807) is 7.05 Å². The molecule has 1 fully saturated rings. The molecule has 19 heavy (non-hydrogen) atoms. The Balaban J connectivity index is 2.22. The molecule has 1 saturated carbocycles. The van der Waals surface area contributed by atoms with Crippen LogP contribution in [0.25, 0.3) is 0 Å². The van der Waals surface area contributed by atoms with Crippen LogP contribution in [0.4, 0.5) is 13.2 Å². The van der Waals surface area contributed by atoms with Gasteiger partial charge < -0.3 is 5.32 Å². The van der Waals surface area contributed by atoms with E-state index in [2.05, 4.69) is 10.3 Å². The number of hydrogen-bond acceptors (Lipinski definition) is 2. The Hall–Kier alpha value is -1.10. The lowest BCUT2D eigenvalue weighted by molar-refractivity contribution is -0.138. The minimum absolute atomic E-state index is 0.268. The Labute approximate surface area is 111 Å². The zero-order valence-electron chi connectivity index (χ0n) is 11.0. The predicted octanol–water partition coefficient (Wildman–Crippen LogP) is 3.94. The van der Waals surface area contributed by atoms with E-state index in [0.29, 0.717) is 5.92 Å². The normalized spacial score (nSPS) is 18.7. The van der Waals surface area contributed by atoms with Gasteiger partial charge in [-0.1, -0.05) is 25.7 Å². The van der Waals surface area contributed by atoms with Crippen LogP contribution in [0.5, 0.6) is 0 Å². The van der Waals surface area contributed by atoms with Gasteiger partial charge in [0, 0.05) is 18.4 Å². The average Bonchev–Trinajstić information content (AvgIpc) is 2.88. The quantitative estimate of drug-likeness (QED) is 0.898. The number of pyridine rings is 1. The Morgan fingerprint density at radius 2 is 2.05 bits per heavy atom. The molecular weight excluding hydrogens is 253 g/mol. The Morgan fingerprint density at radius 3 is 2.63 bits per heavy atom. The summed E-state index contributed by atoms with van der Waals surface area (Å²) in [7, 11) is 1.72. The Morgan fingerprint density at radius 1 is 1.37 bits per heavy atom. The third-order valence-corrected chi connectivity index (χ3v) is 3.92. The molecule has 0 radical (unpaired) electrons. The molecule has 1 aliphatic rings. The molecule has 1 N–H and O–H groups in total. The van der Waals surface area contributed by atoms with Gasteiger partial charge in [-0.2, -0.15) is 13.2 Å². The van der Waals surface area contributed by atoms with E-state index in [1.807, 2.05) is 0 Å². The van der Waals surface area contributed by atoms with Crippen LogP contribution in [0.15, 0.2) is 18.5 Å². The van der Waals surface area contributed by atoms with Crippen LogP contribution in [0.1, 0.15) is 49.3 Å². The molecule has 0 spiro atoms. The van der Waals surface area contributed by atoms with Crippen molar-refractivity contribution in [1.82, 2.24) is 10.3 Å². The number of alkyl halides is 3. The molecule has 2 rings (SSSR count). The molecule has 0 saturated heterocycles. The minimum Gasteiger partial charge on any atom is -0.313 e. The van der Waals surface area contributed by atoms with E-state index in [-0.39, 0.29) is 11.6 Å².